The Morgan fingerprint density at radius 3 is 2.46 bits per heavy atom. The Bertz CT molecular complexity index is 881. The maximum absolute atomic E-state index is 12.9. The summed E-state index contributed by atoms with van der Waals surface area (Å²) in [5, 5.41) is 21.9. The minimum atomic E-state index is -2.25. The van der Waals surface area contributed by atoms with E-state index in [-0.39, 0.29) is 50.7 Å². The zero-order valence-electron chi connectivity index (χ0n) is 23.6. The van der Waals surface area contributed by atoms with Crippen LogP contribution in [0.4, 0.5) is 0 Å². The lowest BCUT2D eigenvalue weighted by atomic mass is 9.75. The van der Waals surface area contributed by atoms with Crippen LogP contribution in [0.15, 0.2) is 11.6 Å². The molecule has 2 saturated heterocycles. The summed E-state index contributed by atoms with van der Waals surface area (Å²) in [6.07, 6.45) is 2.76. The van der Waals surface area contributed by atoms with Crippen molar-refractivity contribution in [3.05, 3.63) is 11.6 Å². The fourth-order valence-corrected chi connectivity index (χ4v) is 4.70. The number of aliphatic hydroxyl groups is 2. The highest BCUT2D eigenvalue weighted by molar-refractivity contribution is 5.83. The van der Waals surface area contributed by atoms with Crippen LogP contribution in [0, 0.1) is 5.41 Å². The molecule has 0 aromatic carbocycles. The number of carbonyl (C=O) groups is 4. The Labute approximate surface area is 230 Å². The van der Waals surface area contributed by atoms with Crippen molar-refractivity contribution in [3.63, 3.8) is 0 Å². The summed E-state index contributed by atoms with van der Waals surface area (Å²) >= 11 is 0. The largest absolute Gasteiger partial charge is 0.466 e. The highest BCUT2D eigenvalue weighted by Gasteiger charge is 2.59. The molecule has 2 aliphatic rings. The van der Waals surface area contributed by atoms with Crippen LogP contribution in [0.3, 0.4) is 0 Å². The lowest BCUT2D eigenvalue weighted by Gasteiger charge is -2.51. The van der Waals surface area contributed by atoms with Gasteiger partial charge in [0.05, 0.1) is 25.2 Å². The lowest BCUT2D eigenvalue weighted by Crippen LogP contribution is -2.63. The van der Waals surface area contributed by atoms with E-state index in [4.69, 9.17) is 23.7 Å². The summed E-state index contributed by atoms with van der Waals surface area (Å²) in [6, 6.07) is 0. The fourth-order valence-electron chi connectivity index (χ4n) is 4.70. The molecular weight excluding hydrogens is 512 g/mol. The third kappa shape index (κ3) is 9.58. The van der Waals surface area contributed by atoms with Gasteiger partial charge in [-0.3, -0.25) is 14.4 Å². The second-order valence-electron chi connectivity index (χ2n) is 10.8. The standard InChI is InChI=1S/C28H44O11/c1-5-6-7-8-9-11-24(32)38-26-19(15-25(33)35-4)14-20-16-21(17-29)37-23(31)13-10-12-22(30)36-18-27(2,3)28(26,34)39-20/h15,20-21,26,29,34H,5-14,16-18H2,1-4H3/b19-15+/t20-,21+,26-,28+/m0/s1. The van der Waals surface area contributed by atoms with Crippen molar-refractivity contribution in [1.29, 1.82) is 0 Å². The van der Waals surface area contributed by atoms with Gasteiger partial charge in [-0.25, -0.2) is 4.79 Å². The number of esters is 4. The molecule has 0 aliphatic carbocycles. The molecule has 2 heterocycles. The summed E-state index contributed by atoms with van der Waals surface area (Å²) in [6.45, 7) is 4.50. The van der Waals surface area contributed by atoms with Crippen LogP contribution in [0.5, 0.6) is 0 Å². The Morgan fingerprint density at radius 2 is 1.79 bits per heavy atom. The van der Waals surface area contributed by atoms with Gasteiger partial charge in [-0.05, 0) is 24.8 Å². The highest BCUT2D eigenvalue weighted by atomic mass is 16.7. The molecule has 11 nitrogen and oxygen atoms in total. The summed E-state index contributed by atoms with van der Waals surface area (Å²) in [5.74, 6) is -4.73. The van der Waals surface area contributed by atoms with Gasteiger partial charge in [-0.1, -0.05) is 46.5 Å². The van der Waals surface area contributed by atoms with Gasteiger partial charge in [0.25, 0.3) is 0 Å². The summed E-state index contributed by atoms with van der Waals surface area (Å²) in [7, 11) is 1.20. The molecule has 0 radical (unpaired) electrons. The number of fused-ring (bicyclic) bond motifs is 2. The average Bonchev–Trinajstić information content (AvgIpc) is 2.88. The number of ether oxygens (including phenoxy) is 5. The summed E-state index contributed by atoms with van der Waals surface area (Å²) in [5.41, 5.74) is -1.09. The zero-order chi connectivity index (χ0) is 29.1. The molecule has 0 amide bonds. The van der Waals surface area contributed by atoms with Crippen molar-refractivity contribution in [2.75, 3.05) is 20.3 Å². The van der Waals surface area contributed by atoms with E-state index in [0.717, 1.165) is 31.8 Å². The molecule has 2 N–H and O–H groups in total. The average molecular weight is 557 g/mol. The van der Waals surface area contributed by atoms with Crippen LogP contribution in [-0.4, -0.2) is 78.5 Å². The molecule has 2 fully saturated rings. The third-order valence-electron chi connectivity index (χ3n) is 7.09. The molecular formula is C28H44O11. The first-order chi connectivity index (χ1) is 18.5. The molecule has 0 unspecified atom stereocenters. The van der Waals surface area contributed by atoms with Crippen molar-refractivity contribution < 1.29 is 53.1 Å². The third-order valence-corrected chi connectivity index (χ3v) is 7.09. The van der Waals surface area contributed by atoms with Gasteiger partial charge in [0.15, 0.2) is 6.10 Å². The first kappa shape index (κ1) is 32.7. The second-order valence-corrected chi connectivity index (χ2v) is 10.8. The summed E-state index contributed by atoms with van der Waals surface area (Å²) in [4.78, 5) is 49.8. The Kier molecular flexibility index (Phi) is 12.9. The maximum Gasteiger partial charge on any atom is 0.330 e. The second kappa shape index (κ2) is 15.3. The predicted molar refractivity (Wildman–Crippen MR) is 138 cm³/mol. The van der Waals surface area contributed by atoms with E-state index in [2.05, 4.69) is 6.92 Å². The number of aliphatic hydroxyl groups excluding tert-OH is 1. The minimum absolute atomic E-state index is 0.00295. The van der Waals surface area contributed by atoms with Gasteiger partial charge in [-0.15, -0.1) is 0 Å². The van der Waals surface area contributed by atoms with Crippen LogP contribution in [-0.2, 0) is 42.9 Å². The van der Waals surface area contributed by atoms with Crippen molar-refractivity contribution in [1.82, 2.24) is 0 Å². The van der Waals surface area contributed by atoms with E-state index in [1.54, 1.807) is 13.8 Å². The van der Waals surface area contributed by atoms with Crippen molar-refractivity contribution in [3.8, 4) is 0 Å². The van der Waals surface area contributed by atoms with E-state index in [9.17, 15) is 29.4 Å². The van der Waals surface area contributed by atoms with Crippen molar-refractivity contribution in [2.45, 2.75) is 115 Å². The van der Waals surface area contributed by atoms with Gasteiger partial charge in [-0.2, -0.15) is 0 Å². The Balaban J connectivity index is 2.45. The normalized spacial score (nSPS) is 29.1. The van der Waals surface area contributed by atoms with Gasteiger partial charge < -0.3 is 33.9 Å². The molecule has 0 aromatic rings. The highest BCUT2D eigenvalue weighted by Crippen LogP contribution is 2.46. The number of hydrogen-bond acceptors (Lipinski definition) is 11. The fraction of sp³-hybridized carbons (Fsp3) is 0.786. The SMILES string of the molecule is CCCCCCCC(=O)O[C@H]1/C(=C/C(=O)OC)C[C@H]2C[C@H](CO)OC(=O)CCCC(=O)OCC(C)(C)[C@]1(O)O2. The summed E-state index contributed by atoms with van der Waals surface area (Å²) < 4.78 is 27.5. The number of hydrogen-bond donors (Lipinski definition) is 2. The Morgan fingerprint density at radius 1 is 1.10 bits per heavy atom. The molecule has 2 rings (SSSR count). The van der Waals surface area contributed by atoms with Crippen LogP contribution in [0.2, 0.25) is 0 Å². The molecule has 0 aromatic heterocycles. The van der Waals surface area contributed by atoms with Crippen LogP contribution in [0.25, 0.3) is 0 Å². The van der Waals surface area contributed by atoms with Crippen molar-refractivity contribution in [2.24, 2.45) is 5.41 Å². The van der Waals surface area contributed by atoms with E-state index < -0.39 is 60.0 Å². The first-order valence-corrected chi connectivity index (χ1v) is 13.8. The van der Waals surface area contributed by atoms with Gasteiger partial charge in [0, 0.05) is 31.8 Å². The molecule has 0 spiro atoms. The molecule has 222 valence electrons. The topological polar surface area (TPSA) is 155 Å². The molecule has 2 bridgehead atoms. The molecule has 2 aliphatic heterocycles. The van der Waals surface area contributed by atoms with Crippen LogP contribution >= 0.6 is 0 Å². The number of cyclic esters (lactones) is 2. The lowest BCUT2D eigenvalue weighted by molar-refractivity contribution is -0.341. The maximum atomic E-state index is 12.9. The van der Waals surface area contributed by atoms with Crippen LogP contribution < -0.4 is 0 Å². The van der Waals surface area contributed by atoms with E-state index in [0.29, 0.717) is 6.42 Å². The number of rotatable bonds is 9. The van der Waals surface area contributed by atoms with E-state index >= 15 is 0 Å². The van der Waals surface area contributed by atoms with E-state index in [1.165, 1.54) is 7.11 Å². The number of carbonyl (C=O) groups excluding carboxylic acids is 4. The number of unbranched alkanes of at least 4 members (excludes halogenated alkanes) is 4. The number of methoxy groups -OCH3 is 1. The van der Waals surface area contributed by atoms with Gasteiger partial charge >= 0.3 is 23.9 Å². The van der Waals surface area contributed by atoms with Gasteiger partial charge in [0.1, 0.15) is 12.7 Å². The quantitative estimate of drug-likeness (QED) is 0.186. The molecule has 11 heteroatoms. The first-order valence-electron chi connectivity index (χ1n) is 13.8. The monoisotopic (exact) mass is 556 g/mol. The van der Waals surface area contributed by atoms with Crippen molar-refractivity contribution >= 4 is 23.9 Å². The zero-order valence-corrected chi connectivity index (χ0v) is 23.6. The van der Waals surface area contributed by atoms with E-state index in [1.807, 2.05) is 0 Å². The van der Waals surface area contributed by atoms with Gasteiger partial charge in [0.2, 0.25) is 5.79 Å². The molecule has 0 saturated carbocycles. The smallest absolute Gasteiger partial charge is 0.330 e. The van der Waals surface area contributed by atoms with Crippen LogP contribution in [0.1, 0.15) is 91.4 Å². The molecule has 39 heavy (non-hydrogen) atoms. The Hall–Kier alpha value is -2.50. The predicted octanol–water partition coefficient (Wildman–Crippen LogP) is 2.88. The minimum Gasteiger partial charge on any atom is -0.466 e. The molecule has 4 atom stereocenters.